The maximum absolute atomic E-state index is 13.0. The van der Waals surface area contributed by atoms with Gasteiger partial charge in [-0.3, -0.25) is 0 Å². The number of ether oxygens (including phenoxy) is 6. The third kappa shape index (κ3) is 2.78. The summed E-state index contributed by atoms with van der Waals surface area (Å²) in [5.74, 6) is 1.99. The molecule has 31 heavy (non-hydrogen) atoms. The van der Waals surface area contributed by atoms with Crippen LogP contribution in [0, 0.1) is 0 Å². The van der Waals surface area contributed by atoms with E-state index in [1.807, 2.05) is 38.1 Å². The van der Waals surface area contributed by atoms with Gasteiger partial charge in [0.2, 0.25) is 12.5 Å². The van der Waals surface area contributed by atoms with Crippen molar-refractivity contribution in [3.8, 4) is 28.7 Å². The van der Waals surface area contributed by atoms with Crippen molar-refractivity contribution in [2.75, 3.05) is 33.4 Å². The molecule has 2 aromatic rings. The first-order valence-electron chi connectivity index (χ1n) is 9.86. The van der Waals surface area contributed by atoms with E-state index in [1.165, 1.54) is 0 Å². The number of rotatable bonds is 4. The third-order valence-corrected chi connectivity index (χ3v) is 5.86. The van der Waals surface area contributed by atoms with Crippen molar-refractivity contribution >= 4 is 11.7 Å². The van der Waals surface area contributed by atoms with Crippen LogP contribution < -0.4 is 29.0 Å². The van der Waals surface area contributed by atoms with Crippen molar-refractivity contribution in [2.45, 2.75) is 25.4 Å². The average molecular weight is 425 g/mol. The molecule has 0 saturated heterocycles. The Morgan fingerprint density at radius 1 is 0.968 bits per heavy atom. The molecule has 0 bridgehead atoms. The molecule has 0 spiro atoms. The van der Waals surface area contributed by atoms with E-state index in [9.17, 15) is 4.79 Å². The van der Waals surface area contributed by atoms with Crippen LogP contribution in [0.2, 0.25) is 0 Å². The Hall–Kier alpha value is -3.55. The smallest absolute Gasteiger partial charge is 0.337 e. The molecule has 1 atom stereocenters. The average Bonchev–Trinajstić information content (AvgIpc) is 3.30. The van der Waals surface area contributed by atoms with Crippen LogP contribution in [0.25, 0.3) is 0 Å². The molecule has 2 aromatic carbocycles. The molecule has 1 unspecified atom stereocenters. The number of methoxy groups -OCH3 is 3. The number of benzene rings is 2. The predicted molar refractivity (Wildman–Crippen MR) is 111 cm³/mol. The Morgan fingerprint density at radius 2 is 1.61 bits per heavy atom. The summed E-state index contributed by atoms with van der Waals surface area (Å²) >= 11 is 0. The fourth-order valence-corrected chi connectivity index (χ4v) is 4.45. The lowest BCUT2D eigenvalue weighted by molar-refractivity contribution is -0.144. The molecule has 0 fully saturated rings. The number of hydrogen-bond acceptors (Lipinski definition) is 8. The minimum absolute atomic E-state index is 0.160. The van der Waals surface area contributed by atoms with Crippen molar-refractivity contribution < 1.29 is 33.2 Å². The molecule has 162 valence electrons. The second-order valence-corrected chi connectivity index (χ2v) is 8.00. The van der Waals surface area contributed by atoms with Crippen LogP contribution in [0.4, 0.5) is 5.69 Å². The molecule has 3 heterocycles. The molecule has 0 amide bonds. The molecule has 0 radical (unpaired) electrons. The van der Waals surface area contributed by atoms with E-state index in [4.69, 9.17) is 28.4 Å². The Labute approximate surface area is 179 Å². The van der Waals surface area contributed by atoms with E-state index < -0.39 is 11.5 Å². The minimum Gasteiger partial charge on any atom is -0.493 e. The highest BCUT2D eigenvalue weighted by Gasteiger charge is 2.48. The van der Waals surface area contributed by atoms with E-state index >= 15 is 0 Å². The van der Waals surface area contributed by atoms with Gasteiger partial charge in [-0.05, 0) is 43.2 Å². The first-order valence-corrected chi connectivity index (χ1v) is 9.86. The zero-order chi connectivity index (χ0) is 21.9. The van der Waals surface area contributed by atoms with E-state index in [2.05, 4.69) is 5.32 Å². The summed E-state index contributed by atoms with van der Waals surface area (Å²) in [6, 6.07) is 7.51. The summed E-state index contributed by atoms with van der Waals surface area (Å²) < 4.78 is 33.5. The summed E-state index contributed by atoms with van der Waals surface area (Å²) in [7, 11) is 4.68. The van der Waals surface area contributed by atoms with Gasteiger partial charge in [-0.1, -0.05) is 0 Å². The maximum Gasteiger partial charge on any atom is 0.337 e. The Morgan fingerprint density at radius 3 is 2.23 bits per heavy atom. The zero-order valence-corrected chi connectivity index (χ0v) is 18.0. The summed E-state index contributed by atoms with van der Waals surface area (Å²) in [6.45, 7) is 3.89. The highest BCUT2D eigenvalue weighted by Crippen LogP contribution is 2.53. The summed E-state index contributed by atoms with van der Waals surface area (Å²) in [4.78, 5) is 13.0. The van der Waals surface area contributed by atoms with Gasteiger partial charge in [0.05, 0.1) is 32.6 Å². The van der Waals surface area contributed by atoms with Crippen LogP contribution in [0.1, 0.15) is 30.9 Å². The fourth-order valence-electron chi connectivity index (χ4n) is 4.45. The maximum atomic E-state index is 13.0. The van der Waals surface area contributed by atoms with Crippen molar-refractivity contribution in [2.24, 2.45) is 0 Å². The Bertz CT molecular complexity index is 1110. The van der Waals surface area contributed by atoms with Crippen LogP contribution in [-0.4, -0.2) is 39.7 Å². The van der Waals surface area contributed by atoms with Gasteiger partial charge in [0.1, 0.15) is 5.60 Å². The molecule has 8 nitrogen and oxygen atoms in total. The number of anilines is 1. The van der Waals surface area contributed by atoms with Gasteiger partial charge in [-0.25, -0.2) is 4.79 Å². The largest absolute Gasteiger partial charge is 0.493 e. The normalized spacial score (nSPS) is 19.9. The summed E-state index contributed by atoms with van der Waals surface area (Å²) in [5, 5.41) is 3.40. The van der Waals surface area contributed by atoms with Gasteiger partial charge >= 0.3 is 5.97 Å². The number of hydrogen-bond donors (Lipinski definition) is 1. The molecule has 0 saturated carbocycles. The lowest BCUT2D eigenvalue weighted by Gasteiger charge is -2.31. The van der Waals surface area contributed by atoms with Crippen LogP contribution in [-0.2, 0) is 9.53 Å². The van der Waals surface area contributed by atoms with Crippen molar-refractivity contribution in [1.29, 1.82) is 0 Å². The monoisotopic (exact) mass is 425 g/mol. The first kappa shape index (κ1) is 19.4. The molecular weight excluding hydrogens is 402 g/mol. The number of nitrogens with one attached hydrogen (secondary N) is 1. The zero-order valence-electron chi connectivity index (χ0n) is 18.0. The molecule has 5 rings (SSSR count). The Kier molecular flexibility index (Phi) is 4.22. The van der Waals surface area contributed by atoms with E-state index in [0.29, 0.717) is 34.3 Å². The minimum atomic E-state index is -0.792. The van der Waals surface area contributed by atoms with E-state index in [1.54, 1.807) is 21.3 Å². The molecule has 0 aliphatic carbocycles. The SMILES string of the molecule is COc1cc(C2C3=C(Nc4cc5c(cc42)OCO5)C(C)(C)OC3=O)cc(OC)c1OC. The number of carbonyl (C=O) groups is 1. The quantitative estimate of drug-likeness (QED) is 0.744. The molecule has 8 heteroatoms. The topological polar surface area (TPSA) is 84.5 Å². The number of fused-ring (bicyclic) bond motifs is 2. The van der Waals surface area contributed by atoms with Crippen LogP contribution in [0.3, 0.4) is 0 Å². The van der Waals surface area contributed by atoms with Gasteiger partial charge in [0.25, 0.3) is 0 Å². The van der Waals surface area contributed by atoms with Gasteiger partial charge in [0.15, 0.2) is 23.0 Å². The van der Waals surface area contributed by atoms with Crippen molar-refractivity contribution in [1.82, 2.24) is 0 Å². The predicted octanol–water partition coefficient (Wildman–Crippen LogP) is 3.59. The fraction of sp³-hybridized carbons (Fsp3) is 0.348. The van der Waals surface area contributed by atoms with Crippen molar-refractivity contribution in [3.05, 3.63) is 46.7 Å². The van der Waals surface area contributed by atoms with E-state index in [0.717, 1.165) is 22.5 Å². The van der Waals surface area contributed by atoms with Gasteiger partial charge in [0, 0.05) is 17.7 Å². The summed E-state index contributed by atoms with van der Waals surface area (Å²) in [6.07, 6.45) is 0. The van der Waals surface area contributed by atoms with Crippen LogP contribution >= 0.6 is 0 Å². The highest BCUT2D eigenvalue weighted by atomic mass is 16.7. The van der Waals surface area contributed by atoms with Gasteiger partial charge in [-0.15, -0.1) is 0 Å². The molecule has 1 N–H and O–H groups in total. The second-order valence-electron chi connectivity index (χ2n) is 8.00. The van der Waals surface area contributed by atoms with Gasteiger partial charge in [-0.2, -0.15) is 0 Å². The van der Waals surface area contributed by atoms with Crippen molar-refractivity contribution in [3.63, 3.8) is 0 Å². The van der Waals surface area contributed by atoms with Gasteiger partial charge < -0.3 is 33.7 Å². The number of esters is 1. The lowest BCUT2D eigenvalue weighted by atomic mass is 9.79. The van der Waals surface area contributed by atoms with Crippen LogP contribution in [0.5, 0.6) is 28.7 Å². The molecule has 3 aliphatic rings. The molecular formula is C23H23NO7. The third-order valence-electron chi connectivity index (χ3n) is 5.86. The van der Waals surface area contributed by atoms with Crippen LogP contribution in [0.15, 0.2) is 35.5 Å². The number of cyclic esters (lactones) is 1. The standard InChI is InChI=1S/C23H23NO7/c1-23(2)21-19(22(25)31-23)18(11-6-16(26-3)20(28-5)17(7-11)27-4)12-8-14-15(30-10-29-14)9-13(12)24-21/h6-9,18,24H,10H2,1-5H3. The lowest BCUT2D eigenvalue weighted by Crippen LogP contribution is -2.29. The summed E-state index contributed by atoms with van der Waals surface area (Å²) in [5.41, 5.74) is 2.98. The molecule has 0 aromatic heterocycles. The first-order chi connectivity index (χ1) is 14.9. The highest BCUT2D eigenvalue weighted by molar-refractivity contribution is 5.98. The Balaban J connectivity index is 1.78. The van der Waals surface area contributed by atoms with E-state index in [-0.39, 0.29) is 12.8 Å². The molecule has 3 aliphatic heterocycles. The second kappa shape index (κ2) is 6.73. The number of carbonyl (C=O) groups excluding carboxylic acids is 1.